The number of hydrogen-bond acceptors (Lipinski definition) is 14. The predicted molar refractivity (Wildman–Crippen MR) is 208 cm³/mol. The van der Waals surface area contributed by atoms with E-state index in [-0.39, 0.29) is 43.5 Å². The molecule has 0 aliphatic carbocycles. The van der Waals surface area contributed by atoms with Crippen molar-refractivity contribution in [2.45, 2.75) is 93.1 Å². The van der Waals surface area contributed by atoms with E-state index < -0.39 is 127 Å². The average molecular weight is 918 g/mol. The van der Waals surface area contributed by atoms with E-state index in [1.54, 1.807) is 0 Å². The zero-order valence-corrected chi connectivity index (χ0v) is 34.1. The van der Waals surface area contributed by atoms with Gasteiger partial charge in [-0.1, -0.05) is 0 Å². The molecule has 333 valence electrons. The molecule has 0 spiro atoms. The van der Waals surface area contributed by atoms with Gasteiger partial charge in [0.15, 0.2) is 5.96 Å². The third kappa shape index (κ3) is 19.9. The number of amides is 9. The van der Waals surface area contributed by atoms with Crippen molar-refractivity contribution in [1.82, 2.24) is 47.2 Å². The molecule has 0 aromatic carbocycles. The SMILES string of the molecule is C[C@H](NC(=O)CNC(=O)[C@@H](N)CC(N)=O)C(=O)N[C@@H](CCC(N)=O)C(=O)N[C@@H](C[Se])C(=O)N[C@@H](CO)C(=O)N[C@@H](CCCN=C(N)N)C(=O)N[C@@H](Cc1cnc[nH]1)C(=O)O. The van der Waals surface area contributed by atoms with Crippen LogP contribution < -0.4 is 65.9 Å². The van der Waals surface area contributed by atoms with E-state index in [9.17, 15) is 58.2 Å². The number of carboxylic acids is 1. The number of carbonyl (C=O) groups excluding carboxylic acids is 9. The van der Waals surface area contributed by atoms with Crippen LogP contribution in [0.4, 0.5) is 0 Å². The molecule has 1 aromatic rings. The Kier molecular flexibility index (Phi) is 22.9. The van der Waals surface area contributed by atoms with Crippen LogP contribution in [0.5, 0.6) is 0 Å². The molecule has 1 rings (SSSR count). The summed E-state index contributed by atoms with van der Waals surface area (Å²) in [6.07, 6.45) is 1.24. The van der Waals surface area contributed by atoms with Crippen LogP contribution in [0.25, 0.3) is 0 Å². The number of nitrogens with zero attached hydrogens (tertiary/aromatic N) is 2. The molecule has 20 N–H and O–H groups in total. The van der Waals surface area contributed by atoms with E-state index in [1.807, 2.05) is 0 Å². The van der Waals surface area contributed by atoms with Gasteiger partial charge in [0.2, 0.25) is 11.8 Å². The number of carbonyl (C=O) groups is 10. The topological polar surface area (TPSA) is 467 Å². The van der Waals surface area contributed by atoms with E-state index in [1.165, 1.54) is 19.4 Å². The second kappa shape index (κ2) is 26.6. The summed E-state index contributed by atoms with van der Waals surface area (Å²) in [5, 5.41) is 35.6. The first-order chi connectivity index (χ1) is 28.2. The molecule has 60 heavy (non-hydrogen) atoms. The quantitative estimate of drug-likeness (QED) is 0.0161. The molecule has 0 fully saturated rings. The Bertz CT molecular complexity index is 1710. The predicted octanol–water partition coefficient (Wildman–Crippen LogP) is -8.82. The monoisotopic (exact) mass is 918 g/mol. The number of H-pyrrole nitrogens is 1. The van der Waals surface area contributed by atoms with Gasteiger partial charge in [-0.2, -0.15) is 0 Å². The summed E-state index contributed by atoms with van der Waals surface area (Å²) in [5.41, 5.74) is 26.8. The van der Waals surface area contributed by atoms with Gasteiger partial charge in [0.05, 0.1) is 18.8 Å². The smallest absolute Gasteiger partial charge is 0.480 e. The third-order valence-electron chi connectivity index (χ3n) is 8.05. The number of aliphatic carboxylic acids is 1. The number of aliphatic imine (C=N–C) groups is 1. The second-order valence-electron chi connectivity index (χ2n) is 13.0. The molecular weight excluding hydrogens is 865 g/mol. The first kappa shape index (κ1) is 51.6. The summed E-state index contributed by atoms with van der Waals surface area (Å²) in [4.78, 5) is 135. The number of aliphatic hydroxyl groups is 1. The fourth-order valence-corrected chi connectivity index (χ4v) is 5.37. The van der Waals surface area contributed by atoms with Gasteiger partial charge in [0, 0.05) is 11.9 Å². The minimum Gasteiger partial charge on any atom is -0.480 e. The number of aromatic amines is 1. The second-order valence-corrected chi connectivity index (χ2v) is 13.7. The van der Waals surface area contributed by atoms with Gasteiger partial charge in [0.1, 0.15) is 0 Å². The van der Waals surface area contributed by atoms with E-state index in [4.69, 9.17) is 28.7 Å². The standard InChI is InChI=1S/C32H52N15O12Se/c1-14(42-24(51)10-40-26(53)16(33)8-23(35)50)25(52)43-18(4-5-22(34)49)28(55)47-21(12-60)30(57)46-20(11-48)29(56)44-17(3-2-6-39-32(36)37)27(54)45-19(31(58)59)7-15-9-38-13-41-15/h9,13-14,16-21,48H,2-8,10-12,33H2,1H3,(H2,34,49)(H2,35,50)(H,38,41)(H,40,53)(H,42,51)(H,43,52)(H,44,56)(H,45,54)(H,46,57)(H,47,55)(H,58,59)(H4,36,37,39)/t14-,16-,17-,18-,19-,20-,21-/m0/s1. The van der Waals surface area contributed by atoms with Gasteiger partial charge in [0.25, 0.3) is 0 Å². The van der Waals surface area contributed by atoms with Crippen LogP contribution in [-0.4, -0.2) is 163 Å². The number of carboxylic acid groups (broad SMARTS) is 1. The molecule has 0 saturated heterocycles. The summed E-state index contributed by atoms with van der Waals surface area (Å²) in [6.45, 7) is -0.387. The summed E-state index contributed by atoms with van der Waals surface area (Å²) < 4.78 is 0. The van der Waals surface area contributed by atoms with Crippen molar-refractivity contribution in [1.29, 1.82) is 0 Å². The number of primary amides is 2. The van der Waals surface area contributed by atoms with Gasteiger partial charge in [-0.3, -0.25) is 9.59 Å². The number of aliphatic hydroxyl groups excluding tert-OH is 1. The number of hydrogen-bond donors (Lipinski definition) is 15. The fraction of sp³-hybridized carbons (Fsp3) is 0.562. The number of nitrogens with two attached hydrogens (primary N) is 5. The Morgan fingerprint density at radius 1 is 0.767 bits per heavy atom. The van der Waals surface area contributed by atoms with E-state index in [0.717, 1.165) is 0 Å². The summed E-state index contributed by atoms with van der Waals surface area (Å²) >= 11 is 2.54. The van der Waals surface area contributed by atoms with Gasteiger partial charge in [-0.25, -0.2) is 9.78 Å². The van der Waals surface area contributed by atoms with Crippen molar-refractivity contribution >= 4 is 81.1 Å². The minimum absolute atomic E-state index is 0.0253. The molecule has 7 atom stereocenters. The summed E-state index contributed by atoms with van der Waals surface area (Å²) in [6, 6.07) is -10.2. The number of guanidine groups is 1. The van der Waals surface area contributed by atoms with Crippen molar-refractivity contribution in [2.24, 2.45) is 33.7 Å². The first-order valence-electron chi connectivity index (χ1n) is 18.0. The number of nitrogens with one attached hydrogen (secondary N) is 8. The van der Waals surface area contributed by atoms with Gasteiger partial charge in [-0.15, -0.1) is 0 Å². The van der Waals surface area contributed by atoms with Crippen LogP contribution in [0, 0.1) is 0 Å². The zero-order chi connectivity index (χ0) is 45.5. The minimum atomic E-state index is -1.71. The van der Waals surface area contributed by atoms with Gasteiger partial charge in [-0.05, 0) is 0 Å². The summed E-state index contributed by atoms with van der Waals surface area (Å²) in [5.74, 6) is -10.00. The molecule has 9 amide bonds. The Morgan fingerprint density at radius 2 is 1.32 bits per heavy atom. The van der Waals surface area contributed by atoms with Crippen molar-refractivity contribution in [3.63, 3.8) is 0 Å². The molecule has 28 heteroatoms. The van der Waals surface area contributed by atoms with E-state index in [0.29, 0.717) is 5.69 Å². The fourth-order valence-electron chi connectivity index (χ4n) is 4.87. The molecule has 1 radical (unpaired) electrons. The Hall–Kier alpha value is -6.38. The van der Waals surface area contributed by atoms with Crippen molar-refractivity contribution < 1.29 is 58.2 Å². The molecule has 0 aliphatic rings. The Labute approximate surface area is 350 Å². The van der Waals surface area contributed by atoms with E-state index >= 15 is 0 Å². The average Bonchev–Trinajstić information content (AvgIpc) is 3.69. The zero-order valence-electron chi connectivity index (χ0n) is 32.4. The van der Waals surface area contributed by atoms with Crippen LogP contribution >= 0.6 is 0 Å². The third-order valence-corrected chi connectivity index (χ3v) is 8.75. The molecule has 1 heterocycles. The van der Waals surface area contributed by atoms with Crippen LogP contribution in [0.15, 0.2) is 17.5 Å². The van der Waals surface area contributed by atoms with Crippen molar-refractivity contribution in [2.75, 3.05) is 19.7 Å². The Balaban J connectivity index is 3.03. The summed E-state index contributed by atoms with van der Waals surface area (Å²) in [7, 11) is 0. The van der Waals surface area contributed by atoms with Crippen LogP contribution in [-0.2, 0) is 54.4 Å². The van der Waals surface area contributed by atoms with Gasteiger partial charge < -0.3 is 33.0 Å². The van der Waals surface area contributed by atoms with Crippen molar-refractivity contribution in [3.05, 3.63) is 18.2 Å². The maximum atomic E-state index is 13.3. The number of aromatic nitrogens is 2. The van der Waals surface area contributed by atoms with Crippen LogP contribution in [0.1, 0.15) is 44.7 Å². The number of rotatable bonds is 28. The molecular formula is C32H52N15O12Se. The van der Waals surface area contributed by atoms with Crippen LogP contribution in [0.3, 0.4) is 0 Å². The number of imidazole rings is 1. The molecule has 0 aliphatic heterocycles. The molecule has 27 nitrogen and oxygen atoms in total. The van der Waals surface area contributed by atoms with Crippen LogP contribution in [0.2, 0.25) is 5.32 Å². The Morgan fingerprint density at radius 3 is 1.85 bits per heavy atom. The first-order valence-corrected chi connectivity index (χ1v) is 19.3. The molecule has 0 bridgehead atoms. The van der Waals surface area contributed by atoms with Gasteiger partial charge >= 0.3 is 250 Å². The normalized spacial score (nSPS) is 14.2. The van der Waals surface area contributed by atoms with Crippen molar-refractivity contribution in [3.8, 4) is 0 Å². The molecule has 1 aromatic heterocycles. The molecule has 0 unspecified atom stereocenters. The van der Waals surface area contributed by atoms with E-state index in [2.05, 4.69) is 68.2 Å². The molecule has 0 saturated carbocycles. The maximum absolute atomic E-state index is 13.3.